The minimum atomic E-state index is -0.877. The summed E-state index contributed by atoms with van der Waals surface area (Å²) in [6.45, 7) is 5.30. The minimum Gasteiger partial charge on any atom is -0.484 e. The molecule has 1 fully saturated rings. The molecule has 3 amide bonds. The van der Waals surface area contributed by atoms with Crippen molar-refractivity contribution in [1.82, 2.24) is 10.7 Å². The minimum absolute atomic E-state index is 0.0883. The Morgan fingerprint density at radius 3 is 2.47 bits per heavy atom. The molecule has 9 nitrogen and oxygen atoms in total. The van der Waals surface area contributed by atoms with Crippen LogP contribution in [0.1, 0.15) is 43.7 Å². The zero-order chi connectivity index (χ0) is 24.3. The molecule has 0 aromatic heterocycles. The van der Waals surface area contributed by atoms with Crippen LogP contribution in [0.3, 0.4) is 0 Å². The molecule has 0 bridgehead atoms. The van der Waals surface area contributed by atoms with Gasteiger partial charge in [0.05, 0.1) is 12.3 Å². The van der Waals surface area contributed by atoms with E-state index in [9.17, 15) is 14.4 Å². The van der Waals surface area contributed by atoms with E-state index in [1.165, 1.54) is 6.21 Å². The van der Waals surface area contributed by atoms with Crippen LogP contribution >= 0.6 is 0 Å². The second-order valence-electron chi connectivity index (χ2n) is 8.23. The number of anilines is 1. The molecule has 2 aromatic rings. The Hall–Kier alpha value is -3.72. The summed E-state index contributed by atoms with van der Waals surface area (Å²) < 4.78 is 10.9. The van der Waals surface area contributed by atoms with Crippen molar-refractivity contribution in [3.05, 3.63) is 59.7 Å². The summed E-state index contributed by atoms with van der Waals surface area (Å²) in [7, 11) is 0. The molecule has 3 N–H and O–H groups in total. The van der Waals surface area contributed by atoms with Gasteiger partial charge in [0.1, 0.15) is 5.75 Å². The fraction of sp³-hybridized carbons (Fsp3) is 0.360. The van der Waals surface area contributed by atoms with Gasteiger partial charge in [0, 0.05) is 18.8 Å². The van der Waals surface area contributed by atoms with Gasteiger partial charge >= 0.3 is 11.8 Å². The number of hydrogen-bond donors (Lipinski definition) is 3. The van der Waals surface area contributed by atoms with Crippen LogP contribution < -0.4 is 20.8 Å². The lowest BCUT2D eigenvalue weighted by atomic mass is 10.0. The lowest BCUT2D eigenvalue weighted by Crippen LogP contribution is -2.35. The number of benzene rings is 2. The van der Waals surface area contributed by atoms with Crippen molar-refractivity contribution in [3.63, 3.8) is 0 Å². The SMILES string of the molecule is CC(C)c1ccc(NC(=O)C(=O)N/N=C\c2ccc(OCC(=O)NC[C@@H]3CCCO3)cc2)cc1. The predicted octanol–water partition coefficient (Wildman–Crippen LogP) is 2.57. The fourth-order valence-corrected chi connectivity index (χ4v) is 3.24. The van der Waals surface area contributed by atoms with E-state index >= 15 is 0 Å². The van der Waals surface area contributed by atoms with Gasteiger partial charge in [-0.25, -0.2) is 5.43 Å². The van der Waals surface area contributed by atoms with E-state index in [0.717, 1.165) is 25.0 Å². The highest BCUT2D eigenvalue weighted by molar-refractivity contribution is 6.39. The maximum Gasteiger partial charge on any atom is 0.329 e. The molecule has 1 atom stereocenters. The standard InChI is InChI=1S/C25H30N4O5/c1-17(2)19-7-9-20(10-8-19)28-24(31)25(32)29-27-14-18-5-11-21(12-6-18)34-16-23(30)26-15-22-4-3-13-33-22/h5-12,14,17,22H,3-4,13,15-16H2,1-2H3,(H,26,30)(H,28,31)(H,29,32)/b27-14-/t22-/m0/s1. The third-order valence-corrected chi connectivity index (χ3v) is 5.22. The molecule has 1 aliphatic heterocycles. The smallest absolute Gasteiger partial charge is 0.329 e. The number of nitrogens with zero attached hydrogens (tertiary/aromatic N) is 1. The Bertz CT molecular complexity index is 997. The number of hydrazone groups is 1. The average molecular weight is 467 g/mol. The maximum atomic E-state index is 12.0. The summed E-state index contributed by atoms with van der Waals surface area (Å²) in [4.78, 5) is 35.8. The lowest BCUT2D eigenvalue weighted by Gasteiger charge is -2.11. The van der Waals surface area contributed by atoms with Gasteiger partial charge < -0.3 is 20.1 Å². The van der Waals surface area contributed by atoms with Gasteiger partial charge in [-0.2, -0.15) is 5.10 Å². The van der Waals surface area contributed by atoms with Gasteiger partial charge in [-0.05, 0) is 66.3 Å². The second-order valence-corrected chi connectivity index (χ2v) is 8.23. The number of rotatable bonds is 9. The molecular weight excluding hydrogens is 436 g/mol. The summed E-state index contributed by atoms with van der Waals surface area (Å²) >= 11 is 0. The maximum absolute atomic E-state index is 12.0. The van der Waals surface area contributed by atoms with Gasteiger partial charge in [-0.3, -0.25) is 14.4 Å². The van der Waals surface area contributed by atoms with E-state index in [0.29, 0.717) is 29.5 Å². The highest BCUT2D eigenvalue weighted by Gasteiger charge is 2.16. The van der Waals surface area contributed by atoms with E-state index in [2.05, 4.69) is 35.0 Å². The molecule has 0 spiro atoms. The molecule has 2 aromatic carbocycles. The molecule has 3 rings (SSSR count). The highest BCUT2D eigenvalue weighted by Crippen LogP contribution is 2.17. The first-order valence-corrected chi connectivity index (χ1v) is 11.3. The van der Waals surface area contributed by atoms with Crippen molar-refractivity contribution >= 4 is 29.6 Å². The summed E-state index contributed by atoms with van der Waals surface area (Å²) in [6.07, 6.45) is 3.48. The number of hydrogen-bond acceptors (Lipinski definition) is 6. The normalized spacial score (nSPS) is 15.3. The van der Waals surface area contributed by atoms with Gasteiger partial charge in [-0.1, -0.05) is 26.0 Å². The van der Waals surface area contributed by atoms with Crippen molar-refractivity contribution in [1.29, 1.82) is 0 Å². The summed E-state index contributed by atoms with van der Waals surface area (Å²) in [5, 5.41) is 9.13. The van der Waals surface area contributed by atoms with Crippen molar-refractivity contribution in [2.45, 2.75) is 38.7 Å². The van der Waals surface area contributed by atoms with Gasteiger partial charge in [-0.15, -0.1) is 0 Å². The number of ether oxygens (including phenoxy) is 2. The van der Waals surface area contributed by atoms with E-state index in [1.807, 2.05) is 12.1 Å². The number of carbonyl (C=O) groups excluding carboxylic acids is 3. The van der Waals surface area contributed by atoms with Crippen LogP contribution in [-0.2, 0) is 19.1 Å². The lowest BCUT2D eigenvalue weighted by molar-refractivity contribution is -0.136. The van der Waals surface area contributed by atoms with Gasteiger partial charge in [0.25, 0.3) is 5.91 Å². The number of nitrogens with one attached hydrogen (secondary N) is 3. The van der Waals surface area contributed by atoms with Crippen molar-refractivity contribution < 1.29 is 23.9 Å². The Kier molecular flexibility index (Phi) is 9.16. The molecule has 0 aliphatic carbocycles. The van der Waals surface area contributed by atoms with E-state index in [4.69, 9.17) is 9.47 Å². The van der Waals surface area contributed by atoms with Crippen LogP contribution in [0.2, 0.25) is 0 Å². The molecule has 9 heteroatoms. The monoisotopic (exact) mass is 466 g/mol. The highest BCUT2D eigenvalue weighted by atomic mass is 16.5. The fourth-order valence-electron chi connectivity index (χ4n) is 3.24. The van der Waals surface area contributed by atoms with Crippen LogP contribution in [-0.4, -0.2) is 49.8 Å². The Balaban J connectivity index is 1.38. The van der Waals surface area contributed by atoms with Crippen molar-refractivity contribution in [3.8, 4) is 5.75 Å². The van der Waals surface area contributed by atoms with Crippen LogP contribution in [0.15, 0.2) is 53.6 Å². The number of carbonyl (C=O) groups is 3. The van der Waals surface area contributed by atoms with E-state index in [-0.39, 0.29) is 18.6 Å². The predicted molar refractivity (Wildman–Crippen MR) is 129 cm³/mol. The third-order valence-electron chi connectivity index (χ3n) is 5.22. The summed E-state index contributed by atoms with van der Waals surface area (Å²) in [5.41, 5.74) is 4.55. The molecule has 0 unspecified atom stereocenters. The zero-order valence-electron chi connectivity index (χ0n) is 19.4. The molecular formula is C25H30N4O5. The van der Waals surface area contributed by atoms with E-state index in [1.54, 1.807) is 36.4 Å². The Morgan fingerprint density at radius 2 is 1.82 bits per heavy atom. The molecule has 1 saturated heterocycles. The summed E-state index contributed by atoms with van der Waals surface area (Å²) in [6, 6.07) is 14.1. The van der Waals surface area contributed by atoms with E-state index < -0.39 is 11.8 Å². The molecule has 0 saturated carbocycles. The molecule has 0 radical (unpaired) electrons. The second kappa shape index (κ2) is 12.5. The molecule has 1 heterocycles. The van der Waals surface area contributed by atoms with Crippen LogP contribution in [0, 0.1) is 0 Å². The third kappa shape index (κ3) is 8.00. The van der Waals surface area contributed by atoms with Gasteiger partial charge in [0.15, 0.2) is 6.61 Å². The molecule has 1 aliphatic rings. The zero-order valence-corrected chi connectivity index (χ0v) is 19.4. The average Bonchev–Trinajstić information content (AvgIpc) is 3.36. The number of amides is 3. The first-order chi connectivity index (χ1) is 16.4. The summed E-state index contributed by atoms with van der Waals surface area (Å²) in [5.74, 6) is -0.993. The van der Waals surface area contributed by atoms with Crippen LogP contribution in [0.25, 0.3) is 0 Å². The van der Waals surface area contributed by atoms with Crippen molar-refractivity contribution in [2.75, 3.05) is 25.1 Å². The molecule has 34 heavy (non-hydrogen) atoms. The van der Waals surface area contributed by atoms with Crippen molar-refractivity contribution in [2.24, 2.45) is 5.10 Å². The van der Waals surface area contributed by atoms with Crippen LogP contribution in [0.5, 0.6) is 5.75 Å². The van der Waals surface area contributed by atoms with Gasteiger partial charge in [0.2, 0.25) is 0 Å². The first-order valence-electron chi connectivity index (χ1n) is 11.3. The molecule has 180 valence electrons. The largest absolute Gasteiger partial charge is 0.484 e. The quantitative estimate of drug-likeness (QED) is 0.298. The Labute approximate surface area is 198 Å². The van der Waals surface area contributed by atoms with Crippen LogP contribution in [0.4, 0.5) is 5.69 Å². The topological polar surface area (TPSA) is 118 Å². The Morgan fingerprint density at radius 1 is 1.09 bits per heavy atom. The first kappa shape index (κ1) is 24.9.